The molecule has 0 saturated heterocycles. The van der Waals surface area contributed by atoms with Crippen LogP contribution in [0.4, 0.5) is 11.4 Å². The summed E-state index contributed by atoms with van der Waals surface area (Å²) in [5, 5.41) is 16.7. The Bertz CT molecular complexity index is 1080. The van der Waals surface area contributed by atoms with Gasteiger partial charge >= 0.3 is 0 Å². The maximum atomic E-state index is 12.3. The van der Waals surface area contributed by atoms with E-state index in [1.807, 2.05) is 0 Å². The predicted molar refractivity (Wildman–Crippen MR) is 115 cm³/mol. The lowest BCUT2D eigenvalue weighted by Gasteiger charge is -2.09. The molecule has 31 heavy (non-hydrogen) atoms. The lowest BCUT2D eigenvalue weighted by molar-refractivity contribution is -0.384. The molecule has 0 aliphatic heterocycles. The van der Waals surface area contributed by atoms with Gasteiger partial charge in [0.05, 0.1) is 4.92 Å². The number of nitro groups is 1. The molecule has 0 aliphatic carbocycles. The summed E-state index contributed by atoms with van der Waals surface area (Å²) in [6, 6.07) is 19.3. The molecule has 4 N–H and O–H groups in total. The molecule has 9 nitrogen and oxygen atoms in total. The molecule has 0 aromatic heterocycles. The van der Waals surface area contributed by atoms with Gasteiger partial charge in [0.2, 0.25) is 5.91 Å². The van der Waals surface area contributed by atoms with Crippen LogP contribution in [0, 0.1) is 10.1 Å². The number of benzene rings is 3. The van der Waals surface area contributed by atoms with Gasteiger partial charge in [0.1, 0.15) is 17.2 Å². The topological polar surface area (TPSA) is 137 Å². The number of ether oxygens (including phenoxy) is 1. The van der Waals surface area contributed by atoms with E-state index in [1.165, 1.54) is 6.07 Å². The third-order valence-corrected chi connectivity index (χ3v) is 4.32. The quantitative estimate of drug-likeness (QED) is 0.276. The highest BCUT2D eigenvalue weighted by Gasteiger charge is 2.12. The molecule has 0 heterocycles. The number of nitrogens with zero attached hydrogens (tertiary/aromatic N) is 1. The van der Waals surface area contributed by atoms with Gasteiger partial charge in [-0.3, -0.25) is 19.7 Å². The first kappa shape index (κ1) is 21.3. The molecular formula is C22H20N4O5. The average molecular weight is 420 g/mol. The summed E-state index contributed by atoms with van der Waals surface area (Å²) in [5.74, 6) is 0.269. The van der Waals surface area contributed by atoms with Gasteiger partial charge in [0, 0.05) is 30.3 Å². The number of rotatable bonds is 9. The molecule has 2 amide bonds. The van der Waals surface area contributed by atoms with Crippen molar-refractivity contribution < 1.29 is 19.2 Å². The number of amides is 2. The Kier molecular flexibility index (Phi) is 6.79. The molecule has 0 radical (unpaired) electrons. The minimum Gasteiger partial charge on any atom is -0.457 e. The highest BCUT2D eigenvalue weighted by molar-refractivity contribution is 5.94. The van der Waals surface area contributed by atoms with Crippen LogP contribution in [0.15, 0.2) is 72.8 Å². The number of anilines is 1. The van der Waals surface area contributed by atoms with E-state index < -0.39 is 10.8 Å². The highest BCUT2D eigenvalue weighted by atomic mass is 16.6. The van der Waals surface area contributed by atoms with Crippen molar-refractivity contribution in [3.05, 3.63) is 94.0 Å². The van der Waals surface area contributed by atoms with Crippen LogP contribution < -0.4 is 21.1 Å². The molecular weight excluding hydrogens is 400 g/mol. The molecule has 0 bridgehead atoms. The molecule has 3 rings (SSSR count). The van der Waals surface area contributed by atoms with Gasteiger partial charge in [-0.15, -0.1) is 0 Å². The molecule has 0 fully saturated rings. The number of hydrogen-bond donors (Lipinski definition) is 3. The number of para-hydroxylation sites is 2. The van der Waals surface area contributed by atoms with Crippen LogP contribution in [0.1, 0.15) is 20.7 Å². The Morgan fingerprint density at radius 3 is 2.03 bits per heavy atom. The number of hydrogen-bond acceptors (Lipinski definition) is 6. The van der Waals surface area contributed by atoms with Crippen molar-refractivity contribution in [2.24, 2.45) is 5.73 Å². The van der Waals surface area contributed by atoms with Gasteiger partial charge in [-0.25, -0.2) is 0 Å². The third-order valence-electron chi connectivity index (χ3n) is 4.32. The first-order valence-electron chi connectivity index (χ1n) is 9.37. The summed E-state index contributed by atoms with van der Waals surface area (Å²) in [7, 11) is 0. The second kappa shape index (κ2) is 9.88. The third kappa shape index (κ3) is 5.80. The Balaban J connectivity index is 1.49. The number of nitro benzene ring substituents is 1. The van der Waals surface area contributed by atoms with Crippen molar-refractivity contribution in [2.45, 2.75) is 0 Å². The molecule has 0 saturated carbocycles. The second-order valence-corrected chi connectivity index (χ2v) is 6.47. The van der Waals surface area contributed by atoms with E-state index in [9.17, 15) is 19.7 Å². The SMILES string of the molecule is NC(=O)c1ccc(Oc2ccc(C(=O)NCCNc3ccccc3[N+](=O)[O-])cc2)cc1. The molecule has 158 valence electrons. The van der Waals surface area contributed by atoms with Crippen LogP contribution in [0.5, 0.6) is 11.5 Å². The van der Waals surface area contributed by atoms with E-state index in [4.69, 9.17) is 10.5 Å². The predicted octanol–water partition coefficient (Wildman–Crippen LogP) is 3.33. The Morgan fingerprint density at radius 1 is 0.871 bits per heavy atom. The van der Waals surface area contributed by atoms with E-state index in [0.717, 1.165) is 0 Å². The average Bonchev–Trinajstić information content (AvgIpc) is 2.77. The van der Waals surface area contributed by atoms with Crippen molar-refractivity contribution in [3.63, 3.8) is 0 Å². The fourth-order valence-electron chi connectivity index (χ4n) is 2.76. The van der Waals surface area contributed by atoms with Crippen molar-refractivity contribution in [3.8, 4) is 11.5 Å². The van der Waals surface area contributed by atoms with E-state index in [2.05, 4.69) is 10.6 Å². The summed E-state index contributed by atoms with van der Waals surface area (Å²) in [6.45, 7) is 0.619. The van der Waals surface area contributed by atoms with E-state index in [1.54, 1.807) is 66.7 Å². The van der Waals surface area contributed by atoms with Crippen LogP contribution in [-0.2, 0) is 0 Å². The summed E-state index contributed by atoms with van der Waals surface area (Å²) in [5.41, 5.74) is 6.41. The van der Waals surface area contributed by atoms with Crippen molar-refractivity contribution in [2.75, 3.05) is 18.4 Å². The van der Waals surface area contributed by atoms with Crippen LogP contribution in [0.2, 0.25) is 0 Å². The zero-order valence-electron chi connectivity index (χ0n) is 16.4. The Hall–Kier alpha value is -4.40. The first-order chi connectivity index (χ1) is 14.9. The van der Waals surface area contributed by atoms with Crippen LogP contribution >= 0.6 is 0 Å². The monoisotopic (exact) mass is 420 g/mol. The van der Waals surface area contributed by atoms with Gasteiger partial charge in [-0.2, -0.15) is 0 Å². The largest absolute Gasteiger partial charge is 0.457 e. The highest BCUT2D eigenvalue weighted by Crippen LogP contribution is 2.23. The van der Waals surface area contributed by atoms with Gasteiger partial charge < -0.3 is 21.1 Å². The number of primary amides is 1. The molecule has 9 heteroatoms. The Labute approximate surface area is 178 Å². The lowest BCUT2D eigenvalue weighted by Crippen LogP contribution is -2.28. The molecule has 0 aliphatic rings. The number of nitrogens with one attached hydrogen (secondary N) is 2. The summed E-state index contributed by atoms with van der Waals surface area (Å²) in [6.07, 6.45) is 0. The fraction of sp³-hybridized carbons (Fsp3) is 0.0909. The number of carbonyl (C=O) groups excluding carboxylic acids is 2. The minimum atomic E-state index is -0.515. The lowest BCUT2D eigenvalue weighted by atomic mass is 10.2. The number of carbonyl (C=O) groups is 2. The molecule has 3 aromatic carbocycles. The second-order valence-electron chi connectivity index (χ2n) is 6.47. The standard InChI is InChI=1S/C22H20N4O5/c23-21(27)15-5-9-17(10-6-15)31-18-11-7-16(8-12-18)22(28)25-14-13-24-19-3-1-2-4-20(19)26(29)30/h1-12,24H,13-14H2,(H2,23,27)(H,25,28). The molecule has 3 aromatic rings. The van der Waals surface area contributed by atoms with E-state index in [0.29, 0.717) is 34.9 Å². The normalized spacial score (nSPS) is 10.2. The van der Waals surface area contributed by atoms with Crippen LogP contribution in [0.25, 0.3) is 0 Å². The van der Waals surface area contributed by atoms with E-state index >= 15 is 0 Å². The van der Waals surface area contributed by atoms with Gasteiger partial charge in [-0.05, 0) is 54.6 Å². The maximum Gasteiger partial charge on any atom is 0.292 e. The van der Waals surface area contributed by atoms with Crippen molar-refractivity contribution in [1.82, 2.24) is 5.32 Å². The van der Waals surface area contributed by atoms with Crippen molar-refractivity contribution >= 4 is 23.2 Å². The summed E-state index contributed by atoms with van der Waals surface area (Å²) < 4.78 is 5.68. The Morgan fingerprint density at radius 2 is 1.45 bits per heavy atom. The zero-order valence-corrected chi connectivity index (χ0v) is 16.4. The summed E-state index contributed by atoms with van der Waals surface area (Å²) >= 11 is 0. The molecule has 0 atom stereocenters. The van der Waals surface area contributed by atoms with Crippen LogP contribution in [0.3, 0.4) is 0 Å². The summed E-state index contributed by atoms with van der Waals surface area (Å²) in [4.78, 5) is 33.9. The maximum absolute atomic E-state index is 12.3. The smallest absolute Gasteiger partial charge is 0.292 e. The fourth-order valence-corrected chi connectivity index (χ4v) is 2.76. The van der Waals surface area contributed by atoms with Gasteiger partial charge in [0.25, 0.3) is 11.6 Å². The van der Waals surface area contributed by atoms with Gasteiger partial charge in [0.15, 0.2) is 0 Å². The molecule has 0 unspecified atom stereocenters. The molecule has 0 spiro atoms. The van der Waals surface area contributed by atoms with Crippen molar-refractivity contribution in [1.29, 1.82) is 0 Å². The number of nitrogens with two attached hydrogens (primary N) is 1. The van der Waals surface area contributed by atoms with E-state index in [-0.39, 0.29) is 18.1 Å². The minimum absolute atomic E-state index is 0.0197. The zero-order chi connectivity index (χ0) is 22.2. The van der Waals surface area contributed by atoms with Crippen LogP contribution in [-0.4, -0.2) is 29.8 Å². The van der Waals surface area contributed by atoms with Gasteiger partial charge in [-0.1, -0.05) is 12.1 Å². The first-order valence-corrected chi connectivity index (χ1v) is 9.37.